The number of carboxylic acid groups (broad SMARTS) is 1. The summed E-state index contributed by atoms with van der Waals surface area (Å²) >= 11 is 0. The first-order valence-corrected chi connectivity index (χ1v) is 7.07. The Morgan fingerprint density at radius 1 is 1.26 bits per heavy atom. The van der Waals surface area contributed by atoms with Crippen LogP contribution in [0.15, 0.2) is 24.3 Å². The van der Waals surface area contributed by atoms with Crippen molar-refractivity contribution in [2.75, 3.05) is 34.0 Å². The highest BCUT2D eigenvalue weighted by Crippen LogP contribution is 2.23. The molecule has 0 aliphatic carbocycles. The van der Waals surface area contributed by atoms with E-state index < -0.39 is 12.0 Å². The van der Waals surface area contributed by atoms with Crippen LogP contribution in [0.2, 0.25) is 0 Å². The predicted octanol–water partition coefficient (Wildman–Crippen LogP) is 1.03. The highest BCUT2D eigenvalue weighted by Gasteiger charge is 2.31. The Balaban J connectivity index is 2.15. The maximum absolute atomic E-state index is 12.3. The Morgan fingerprint density at radius 2 is 1.91 bits per heavy atom. The Labute approximate surface area is 134 Å². The zero-order valence-corrected chi connectivity index (χ0v) is 13.0. The summed E-state index contributed by atoms with van der Waals surface area (Å²) in [7, 11) is 3.08. The normalized spacial score (nSPS) is 18.0. The van der Waals surface area contributed by atoms with E-state index in [1.54, 1.807) is 38.5 Å². The molecule has 7 heteroatoms. The van der Waals surface area contributed by atoms with Crippen LogP contribution in [0.4, 0.5) is 0 Å². The van der Waals surface area contributed by atoms with E-state index >= 15 is 0 Å². The number of methoxy groups -OCH3 is 2. The van der Waals surface area contributed by atoms with Gasteiger partial charge in [0.1, 0.15) is 11.5 Å². The molecule has 124 valence electrons. The van der Waals surface area contributed by atoms with E-state index in [-0.39, 0.29) is 19.1 Å². The van der Waals surface area contributed by atoms with Gasteiger partial charge in [-0.25, -0.2) is 4.79 Å². The number of hydrogen-bond donors (Lipinski definition) is 1. The molecule has 1 atom stereocenters. The smallest absolute Gasteiger partial charge is 0.328 e. The van der Waals surface area contributed by atoms with Gasteiger partial charge in [-0.1, -0.05) is 0 Å². The molecule has 1 aromatic carbocycles. The molecule has 1 fully saturated rings. The number of hydrogen-bond acceptors (Lipinski definition) is 5. The lowest BCUT2D eigenvalue weighted by molar-refractivity contribution is -0.156. The minimum absolute atomic E-state index is 0.00188. The van der Waals surface area contributed by atoms with Crippen LogP contribution < -0.4 is 9.47 Å². The molecule has 1 aliphatic rings. The zero-order valence-electron chi connectivity index (χ0n) is 13.0. The monoisotopic (exact) mass is 321 g/mol. The standard InChI is InChI=1S/C16H19NO6/c1-21-12-7-11(8-13(9-12)22-2)3-4-15(18)17-5-6-23-10-14(17)16(19)20/h3-4,7-9,14H,5-6,10H2,1-2H3,(H,19,20). The van der Waals surface area contributed by atoms with Crippen molar-refractivity contribution < 1.29 is 28.9 Å². The largest absolute Gasteiger partial charge is 0.497 e. The summed E-state index contributed by atoms with van der Waals surface area (Å²) in [5.41, 5.74) is 0.717. The molecule has 0 aromatic heterocycles. The van der Waals surface area contributed by atoms with Crippen molar-refractivity contribution in [1.29, 1.82) is 0 Å². The fraction of sp³-hybridized carbons (Fsp3) is 0.375. The molecule has 23 heavy (non-hydrogen) atoms. The highest BCUT2D eigenvalue weighted by atomic mass is 16.5. The third-order valence-electron chi connectivity index (χ3n) is 3.49. The molecule has 0 spiro atoms. The average molecular weight is 321 g/mol. The molecule has 1 N–H and O–H groups in total. The van der Waals surface area contributed by atoms with Crippen molar-refractivity contribution in [3.8, 4) is 11.5 Å². The lowest BCUT2D eigenvalue weighted by Crippen LogP contribution is -2.52. The second kappa shape index (κ2) is 7.64. The predicted molar refractivity (Wildman–Crippen MR) is 82.5 cm³/mol. The first-order chi connectivity index (χ1) is 11.0. The minimum atomic E-state index is -1.07. The van der Waals surface area contributed by atoms with E-state index in [4.69, 9.17) is 19.3 Å². The molecule has 1 saturated heterocycles. The number of ether oxygens (including phenoxy) is 3. The van der Waals surface area contributed by atoms with Gasteiger partial charge in [-0.2, -0.15) is 0 Å². The number of carboxylic acids is 1. The molecule has 0 radical (unpaired) electrons. The van der Waals surface area contributed by atoms with E-state index in [2.05, 4.69) is 0 Å². The minimum Gasteiger partial charge on any atom is -0.497 e. The van der Waals surface area contributed by atoms with E-state index in [1.807, 2.05) is 0 Å². The maximum atomic E-state index is 12.3. The summed E-state index contributed by atoms with van der Waals surface area (Å²) in [4.78, 5) is 24.7. The summed E-state index contributed by atoms with van der Waals surface area (Å²) in [6.45, 7) is 0.583. The van der Waals surface area contributed by atoms with Crippen molar-refractivity contribution in [1.82, 2.24) is 4.90 Å². The van der Waals surface area contributed by atoms with Crippen LogP contribution in [0.5, 0.6) is 11.5 Å². The molecule has 7 nitrogen and oxygen atoms in total. The van der Waals surface area contributed by atoms with Crippen LogP contribution in [-0.4, -0.2) is 61.9 Å². The Morgan fingerprint density at radius 3 is 2.48 bits per heavy atom. The van der Waals surface area contributed by atoms with E-state index in [9.17, 15) is 9.59 Å². The summed E-state index contributed by atoms with van der Waals surface area (Å²) in [5, 5.41) is 9.15. The van der Waals surface area contributed by atoms with Crippen LogP contribution in [0, 0.1) is 0 Å². The Hall–Kier alpha value is -2.54. The molecule has 1 unspecified atom stereocenters. The Bertz CT molecular complexity index is 590. The molecular weight excluding hydrogens is 302 g/mol. The summed E-state index contributed by atoms with van der Waals surface area (Å²) in [6, 6.07) is 4.27. The zero-order chi connectivity index (χ0) is 16.8. The number of rotatable bonds is 5. The molecule has 1 heterocycles. The second-order valence-electron chi connectivity index (χ2n) is 4.94. The number of nitrogens with zero attached hydrogens (tertiary/aromatic N) is 1. The quantitative estimate of drug-likeness (QED) is 0.815. The second-order valence-corrected chi connectivity index (χ2v) is 4.94. The first-order valence-electron chi connectivity index (χ1n) is 7.07. The number of carbonyl (C=O) groups excluding carboxylic acids is 1. The third kappa shape index (κ3) is 4.23. The van der Waals surface area contributed by atoms with Crippen LogP contribution in [-0.2, 0) is 14.3 Å². The highest BCUT2D eigenvalue weighted by molar-refractivity contribution is 5.94. The van der Waals surface area contributed by atoms with Gasteiger partial charge < -0.3 is 24.2 Å². The van der Waals surface area contributed by atoms with Gasteiger partial charge in [-0.15, -0.1) is 0 Å². The van der Waals surface area contributed by atoms with Crippen LogP contribution in [0.25, 0.3) is 6.08 Å². The summed E-state index contributed by atoms with van der Waals surface area (Å²) < 4.78 is 15.4. The number of morpholine rings is 1. The van der Waals surface area contributed by atoms with Gasteiger partial charge in [0.05, 0.1) is 27.4 Å². The molecular formula is C16H19NO6. The lowest BCUT2D eigenvalue weighted by Gasteiger charge is -2.32. The third-order valence-corrected chi connectivity index (χ3v) is 3.49. The van der Waals surface area contributed by atoms with Crippen LogP contribution in [0.3, 0.4) is 0 Å². The number of amides is 1. The number of carbonyl (C=O) groups is 2. The fourth-order valence-corrected chi connectivity index (χ4v) is 2.26. The summed E-state index contributed by atoms with van der Waals surface area (Å²) in [6.07, 6.45) is 2.94. The van der Waals surface area contributed by atoms with Gasteiger partial charge >= 0.3 is 5.97 Å². The Kier molecular flexibility index (Phi) is 5.59. The number of benzene rings is 1. The van der Waals surface area contributed by atoms with Crippen molar-refractivity contribution in [2.24, 2.45) is 0 Å². The fourth-order valence-electron chi connectivity index (χ4n) is 2.26. The van der Waals surface area contributed by atoms with E-state index in [0.29, 0.717) is 18.1 Å². The van der Waals surface area contributed by atoms with Crippen molar-refractivity contribution in [2.45, 2.75) is 6.04 Å². The lowest BCUT2D eigenvalue weighted by atomic mass is 10.1. The van der Waals surface area contributed by atoms with Crippen LogP contribution >= 0.6 is 0 Å². The first kappa shape index (κ1) is 16.8. The van der Waals surface area contributed by atoms with Crippen molar-refractivity contribution in [3.05, 3.63) is 29.8 Å². The number of aliphatic carboxylic acids is 1. The van der Waals surface area contributed by atoms with Gasteiger partial charge in [-0.05, 0) is 23.8 Å². The molecule has 0 bridgehead atoms. The van der Waals surface area contributed by atoms with Gasteiger partial charge in [0.15, 0.2) is 6.04 Å². The van der Waals surface area contributed by atoms with Gasteiger partial charge in [0, 0.05) is 18.7 Å². The molecule has 0 saturated carbocycles. The topological polar surface area (TPSA) is 85.3 Å². The van der Waals surface area contributed by atoms with Gasteiger partial charge in [0.25, 0.3) is 0 Å². The SMILES string of the molecule is COc1cc(C=CC(=O)N2CCOCC2C(=O)O)cc(OC)c1. The van der Waals surface area contributed by atoms with E-state index in [0.717, 1.165) is 5.56 Å². The average Bonchev–Trinajstić information content (AvgIpc) is 2.59. The van der Waals surface area contributed by atoms with E-state index in [1.165, 1.54) is 11.0 Å². The van der Waals surface area contributed by atoms with Gasteiger partial charge in [-0.3, -0.25) is 4.79 Å². The maximum Gasteiger partial charge on any atom is 0.328 e. The molecule has 1 amide bonds. The summed E-state index contributed by atoms with van der Waals surface area (Å²) in [5.74, 6) is -0.241. The van der Waals surface area contributed by atoms with Crippen LogP contribution in [0.1, 0.15) is 5.56 Å². The molecule has 2 rings (SSSR count). The van der Waals surface area contributed by atoms with Crippen molar-refractivity contribution in [3.63, 3.8) is 0 Å². The van der Waals surface area contributed by atoms with Crippen molar-refractivity contribution >= 4 is 18.0 Å². The van der Waals surface area contributed by atoms with Gasteiger partial charge in [0.2, 0.25) is 5.91 Å². The molecule has 1 aromatic rings. The molecule has 1 aliphatic heterocycles.